The van der Waals surface area contributed by atoms with Gasteiger partial charge in [-0.3, -0.25) is 9.48 Å². The van der Waals surface area contributed by atoms with E-state index >= 15 is 0 Å². The third kappa shape index (κ3) is 4.91. The molecule has 1 amide bonds. The maximum atomic E-state index is 12.1. The molecule has 2 aromatic heterocycles. The largest absolute Gasteiger partial charge is 0.390 e. The van der Waals surface area contributed by atoms with Crippen LogP contribution in [0.2, 0.25) is 5.02 Å². The van der Waals surface area contributed by atoms with E-state index in [0.717, 1.165) is 5.56 Å². The van der Waals surface area contributed by atoms with Crippen molar-refractivity contribution in [2.75, 3.05) is 5.32 Å². The molecule has 0 saturated heterocycles. The second-order valence-corrected chi connectivity index (χ2v) is 6.42. The molecule has 0 saturated carbocycles. The zero-order valence-corrected chi connectivity index (χ0v) is 15.3. The van der Waals surface area contributed by atoms with Gasteiger partial charge in [-0.2, -0.15) is 9.78 Å². The van der Waals surface area contributed by atoms with Crippen LogP contribution in [0.1, 0.15) is 17.7 Å². The standard InChI is InChI=1S/C17H17ClN6O3/c1-12-7-16(24(26)27)21-23(12)6-5-17(25)20-15-9-19-22(11-15)10-13-3-2-4-14(18)8-13/h2-4,7-9,11H,5-6,10H2,1H3,(H,20,25). The first-order chi connectivity index (χ1) is 12.9. The number of benzene rings is 1. The van der Waals surface area contributed by atoms with Crippen molar-refractivity contribution in [3.63, 3.8) is 0 Å². The summed E-state index contributed by atoms with van der Waals surface area (Å²) in [5, 5.41) is 22.2. The van der Waals surface area contributed by atoms with Crippen molar-refractivity contribution in [1.82, 2.24) is 19.6 Å². The van der Waals surface area contributed by atoms with E-state index in [4.69, 9.17) is 11.6 Å². The molecule has 0 atom stereocenters. The Morgan fingerprint density at radius 3 is 2.89 bits per heavy atom. The first-order valence-electron chi connectivity index (χ1n) is 8.16. The van der Waals surface area contributed by atoms with Gasteiger partial charge in [0.1, 0.15) is 0 Å². The van der Waals surface area contributed by atoms with Crippen molar-refractivity contribution < 1.29 is 9.72 Å². The molecule has 0 aliphatic rings. The van der Waals surface area contributed by atoms with Crippen molar-refractivity contribution in [3.8, 4) is 0 Å². The van der Waals surface area contributed by atoms with E-state index in [1.165, 1.54) is 10.7 Å². The molecule has 10 heteroatoms. The Hall–Kier alpha value is -3.20. The number of nitrogens with zero attached hydrogens (tertiary/aromatic N) is 5. The number of carbonyl (C=O) groups excluding carboxylic acids is 1. The van der Waals surface area contributed by atoms with Crippen LogP contribution in [0.4, 0.5) is 11.5 Å². The highest BCUT2D eigenvalue weighted by Crippen LogP contribution is 2.14. The minimum absolute atomic E-state index is 0.138. The Bertz CT molecular complexity index is 981. The van der Waals surface area contributed by atoms with Crippen molar-refractivity contribution in [3.05, 3.63) is 69.1 Å². The third-order valence-corrected chi connectivity index (χ3v) is 4.09. The Morgan fingerprint density at radius 1 is 1.37 bits per heavy atom. The van der Waals surface area contributed by atoms with Crippen LogP contribution in [-0.2, 0) is 17.9 Å². The molecule has 3 aromatic rings. The highest BCUT2D eigenvalue weighted by atomic mass is 35.5. The summed E-state index contributed by atoms with van der Waals surface area (Å²) in [6.07, 6.45) is 3.43. The maximum absolute atomic E-state index is 12.1. The highest BCUT2D eigenvalue weighted by molar-refractivity contribution is 6.30. The molecule has 2 heterocycles. The lowest BCUT2D eigenvalue weighted by Gasteiger charge is -2.03. The van der Waals surface area contributed by atoms with E-state index in [-0.39, 0.29) is 24.7 Å². The molecular formula is C17H17ClN6O3. The van der Waals surface area contributed by atoms with Gasteiger partial charge in [0.2, 0.25) is 5.91 Å². The van der Waals surface area contributed by atoms with Gasteiger partial charge in [0.15, 0.2) is 0 Å². The third-order valence-electron chi connectivity index (χ3n) is 3.86. The molecule has 27 heavy (non-hydrogen) atoms. The van der Waals surface area contributed by atoms with Crippen molar-refractivity contribution in [1.29, 1.82) is 0 Å². The van der Waals surface area contributed by atoms with Crippen LogP contribution < -0.4 is 5.32 Å². The topological polar surface area (TPSA) is 108 Å². The monoisotopic (exact) mass is 388 g/mol. The number of hydrogen-bond acceptors (Lipinski definition) is 5. The normalized spacial score (nSPS) is 10.7. The SMILES string of the molecule is Cc1cc([N+](=O)[O-])nn1CCC(=O)Nc1cnn(Cc2cccc(Cl)c2)c1. The minimum atomic E-state index is -0.558. The van der Waals surface area contributed by atoms with Gasteiger partial charge < -0.3 is 15.4 Å². The van der Waals surface area contributed by atoms with Gasteiger partial charge in [0.25, 0.3) is 0 Å². The predicted octanol–water partition coefficient (Wildman–Crippen LogP) is 3.03. The number of halogens is 1. The molecule has 3 rings (SSSR count). The summed E-state index contributed by atoms with van der Waals surface area (Å²) in [5.74, 6) is -0.454. The molecule has 0 unspecified atom stereocenters. The van der Waals surface area contributed by atoms with E-state index in [1.54, 1.807) is 30.1 Å². The molecule has 0 spiro atoms. The number of nitro groups is 1. The summed E-state index contributed by atoms with van der Waals surface area (Å²) >= 11 is 5.97. The Balaban J connectivity index is 1.54. The zero-order valence-electron chi connectivity index (χ0n) is 14.5. The lowest BCUT2D eigenvalue weighted by atomic mass is 10.2. The molecule has 0 aliphatic carbocycles. The van der Waals surface area contributed by atoms with Gasteiger partial charge in [-0.05, 0) is 29.5 Å². The summed E-state index contributed by atoms with van der Waals surface area (Å²) in [6, 6.07) is 8.84. The fourth-order valence-corrected chi connectivity index (χ4v) is 2.79. The highest BCUT2D eigenvalue weighted by Gasteiger charge is 2.16. The minimum Gasteiger partial charge on any atom is -0.358 e. The van der Waals surface area contributed by atoms with Crippen molar-refractivity contribution >= 4 is 29.0 Å². The summed E-state index contributed by atoms with van der Waals surface area (Å²) in [5.41, 5.74) is 2.20. The molecule has 0 aliphatic heterocycles. The van der Waals surface area contributed by atoms with Crippen LogP contribution in [-0.4, -0.2) is 30.4 Å². The van der Waals surface area contributed by atoms with Crippen LogP contribution in [0, 0.1) is 17.0 Å². The smallest absolute Gasteiger partial charge is 0.358 e. The number of aromatic nitrogens is 4. The number of nitrogens with one attached hydrogen (secondary N) is 1. The Labute approximate surface area is 159 Å². The van der Waals surface area contributed by atoms with Gasteiger partial charge in [-0.1, -0.05) is 23.7 Å². The van der Waals surface area contributed by atoms with E-state index in [2.05, 4.69) is 15.5 Å². The number of amides is 1. The summed E-state index contributed by atoms with van der Waals surface area (Å²) in [7, 11) is 0. The number of carbonyl (C=O) groups is 1. The fraction of sp³-hybridized carbons (Fsp3) is 0.235. The van der Waals surface area contributed by atoms with E-state index in [9.17, 15) is 14.9 Å². The first kappa shape index (κ1) is 18.6. The average Bonchev–Trinajstić information content (AvgIpc) is 3.19. The van der Waals surface area contributed by atoms with E-state index in [0.29, 0.717) is 22.9 Å². The summed E-state index contributed by atoms with van der Waals surface area (Å²) in [6.45, 7) is 2.49. The molecule has 9 nitrogen and oxygen atoms in total. The van der Waals surface area contributed by atoms with Crippen LogP contribution in [0.15, 0.2) is 42.7 Å². The molecule has 1 N–H and O–H groups in total. The summed E-state index contributed by atoms with van der Waals surface area (Å²) < 4.78 is 3.14. The molecule has 140 valence electrons. The van der Waals surface area contributed by atoms with Gasteiger partial charge >= 0.3 is 5.82 Å². The maximum Gasteiger partial charge on any atom is 0.390 e. The summed E-state index contributed by atoms with van der Waals surface area (Å²) in [4.78, 5) is 22.3. The second kappa shape index (κ2) is 8.00. The number of hydrogen-bond donors (Lipinski definition) is 1. The predicted molar refractivity (Wildman–Crippen MR) is 99.6 cm³/mol. The van der Waals surface area contributed by atoms with Crippen molar-refractivity contribution in [2.24, 2.45) is 0 Å². The van der Waals surface area contributed by atoms with Crippen LogP contribution in [0.25, 0.3) is 0 Å². The van der Waals surface area contributed by atoms with Crippen LogP contribution in [0.5, 0.6) is 0 Å². The van der Waals surface area contributed by atoms with E-state index < -0.39 is 4.92 Å². The first-order valence-corrected chi connectivity index (χ1v) is 8.54. The molecular weight excluding hydrogens is 372 g/mol. The number of aryl methyl sites for hydroxylation is 2. The average molecular weight is 389 g/mol. The number of rotatable bonds is 7. The zero-order chi connectivity index (χ0) is 19.4. The Kier molecular flexibility index (Phi) is 5.51. The van der Waals surface area contributed by atoms with Gasteiger partial charge in [-0.25, -0.2) is 0 Å². The molecule has 0 radical (unpaired) electrons. The quantitative estimate of drug-likeness (QED) is 0.494. The number of anilines is 1. The van der Waals surface area contributed by atoms with E-state index in [1.807, 2.05) is 18.2 Å². The van der Waals surface area contributed by atoms with Gasteiger partial charge in [-0.15, -0.1) is 0 Å². The van der Waals surface area contributed by atoms with Crippen LogP contribution >= 0.6 is 11.6 Å². The van der Waals surface area contributed by atoms with Gasteiger partial charge in [0.05, 0.1) is 41.8 Å². The van der Waals surface area contributed by atoms with Crippen LogP contribution in [0.3, 0.4) is 0 Å². The van der Waals surface area contributed by atoms with Crippen molar-refractivity contribution in [2.45, 2.75) is 26.4 Å². The lowest BCUT2D eigenvalue weighted by molar-refractivity contribution is -0.389. The molecule has 0 bridgehead atoms. The molecule has 1 aromatic carbocycles. The lowest BCUT2D eigenvalue weighted by Crippen LogP contribution is -2.15. The Morgan fingerprint density at radius 2 is 2.19 bits per heavy atom. The molecule has 0 fully saturated rings. The second-order valence-electron chi connectivity index (χ2n) is 5.98. The fourth-order valence-electron chi connectivity index (χ4n) is 2.58. The van der Waals surface area contributed by atoms with Gasteiger partial charge in [0, 0.05) is 17.6 Å².